The molecule has 106 valence electrons. The molecule has 1 heterocycles. The molecule has 19 heavy (non-hydrogen) atoms. The number of hydrogen-bond acceptors (Lipinski definition) is 5. The number of rotatable bonds is 3. The Morgan fingerprint density at radius 3 is 2.37 bits per heavy atom. The Labute approximate surface area is 108 Å². The molecule has 0 aromatic carbocycles. The first kappa shape index (κ1) is 15.0. The number of nitrogens with zero attached hydrogens (tertiary/aromatic N) is 4. The van der Waals surface area contributed by atoms with Gasteiger partial charge in [-0.25, -0.2) is 4.98 Å². The smallest absolute Gasteiger partial charge is 0.368 e. The number of anilines is 2. The van der Waals surface area contributed by atoms with Gasteiger partial charge in [-0.3, -0.25) is 4.79 Å². The van der Waals surface area contributed by atoms with Crippen molar-refractivity contribution in [3.8, 4) is 0 Å². The maximum Gasteiger partial charge on any atom is 0.433 e. The van der Waals surface area contributed by atoms with E-state index in [2.05, 4.69) is 9.97 Å². The highest BCUT2D eigenvalue weighted by Gasteiger charge is 2.34. The molecule has 0 fully saturated rings. The van der Waals surface area contributed by atoms with E-state index in [1.165, 1.54) is 16.8 Å². The van der Waals surface area contributed by atoms with Crippen LogP contribution in [-0.4, -0.2) is 48.5 Å². The van der Waals surface area contributed by atoms with Crippen molar-refractivity contribution in [2.24, 2.45) is 0 Å². The molecule has 0 unspecified atom stereocenters. The summed E-state index contributed by atoms with van der Waals surface area (Å²) in [7, 11) is 4.54. The summed E-state index contributed by atoms with van der Waals surface area (Å²) in [5.41, 5.74) is 4.10. The largest absolute Gasteiger partial charge is 0.433 e. The lowest BCUT2D eigenvalue weighted by Gasteiger charge is -2.20. The summed E-state index contributed by atoms with van der Waals surface area (Å²) in [4.78, 5) is 20.9. The van der Waals surface area contributed by atoms with Crippen molar-refractivity contribution in [3.63, 3.8) is 0 Å². The van der Waals surface area contributed by atoms with Gasteiger partial charge in [0.25, 0.3) is 0 Å². The third-order valence-electron chi connectivity index (χ3n) is 2.28. The maximum atomic E-state index is 12.6. The summed E-state index contributed by atoms with van der Waals surface area (Å²) in [5, 5.41) is 0. The van der Waals surface area contributed by atoms with Gasteiger partial charge < -0.3 is 15.5 Å². The number of nitrogen functional groups attached to an aromatic ring is 1. The first-order valence-corrected chi connectivity index (χ1v) is 5.24. The topological polar surface area (TPSA) is 75.4 Å². The summed E-state index contributed by atoms with van der Waals surface area (Å²) >= 11 is 0. The van der Waals surface area contributed by atoms with Crippen molar-refractivity contribution in [1.82, 2.24) is 14.9 Å². The van der Waals surface area contributed by atoms with Crippen molar-refractivity contribution in [1.29, 1.82) is 0 Å². The number of nitrogens with two attached hydrogens (primary N) is 1. The second-order valence-electron chi connectivity index (χ2n) is 4.11. The summed E-state index contributed by atoms with van der Waals surface area (Å²) in [6, 6.07) is 0.749. The Kier molecular flexibility index (Phi) is 4.17. The Morgan fingerprint density at radius 1 is 1.32 bits per heavy atom. The van der Waals surface area contributed by atoms with Crippen molar-refractivity contribution in [2.75, 3.05) is 38.3 Å². The Balaban J connectivity index is 3.01. The molecule has 1 amide bonds. The fourth-order valence-corrected chi connectivity index (χ4v) is 1.22. The van der Waals surface area contributed by atoms with Crippen LogP contribution < -0.4 is 10.6 Å². The SMILES string of the molecule is CN(C)C(=O)CN(C)c1cc(C(F)(F)F)nc(N)n1. The molecule has 0 saturated heterocycles. The normalized spacial score (nSPS) is 11.3. The van der Waals surface area contributed by atoms with Crippen molar-refractivity contribution < 1.29 is 18.0 Å². The highest BCUT2D eigenvalue weighted by atomic mass is 19.4. The molecule has 0 spiro atoms. The quantitative estimate of drug-likeness (QED) is 0.875. The monoisotopic (exact) mass is 277 g/mol. The number of aromatic nitrogens is 2. The second kappa shape index (κ2) is 5.29. The Morgan fingerprint density at radius 2 is 1.89 bits per heavy atom. The van der Waals surface area contributed by atoms with Crippen molar-refractivity contribution in [3.05, 3.63) is 11.8 Å². The average Bonchev–Trinajstić information content (AvgIpc) is 2.26. The Bertz CT molecular complexity index is 475. The Hall–Kier alpha value is -2.06. The van der Waals surface area contributed by atoms with Gasteiger partial charge in [-0.05, 0) is 0 Å². The third kappa shape index (κ3) is 3.97. The van der Waals surface area contributed by atoms with E-state index in [0.29, 0.717) is 0 Å². The van der Waals surface area contributed by atoms with Crippen LogP contribution in [0.15, 0.2) is 6.07 Å². The molecule has 0 aliphatic heterocycles. The van der Waals surface area contributed by atoms with E-state index in [0.717, 1.165) is 6.07 Å². The lowest BCUT2D eigenvalue weighted by Crippen LogP contribution is -2.35. The van der Waals surface area contributed by atoms with E-state index in [-0.39, 0.29) is 18.3 Å². The van der Waals surface area contributed by atoms with E-state index in [1.807, 2.05) is 0 Å². The standard InChI is InChI=1S/C10H14F3N5O/c1-17(2)8(19)5-18(3)7-4-6(10(11,12)13)15-9(14)16-7/h4H,5H2,1-3H3,(H2,14,15,16). The summed E-state index contributed by atoms with van der Waals surface area (Å²) in [5.74, 6) is -0.822. The fourth-order valence-electron chi connectivity index (χ4n) is 1.22. The van der Waals surface area contributed by atoms with Crippen molar-refractivity contribution >= 4 is 17.7 Å². The van der Waals surface area contributed by atoms with Gasteiger partial charge in [0.1, 0.15) is 5.82 Å². The minimum Gasteiger partial charge on any atom is -0.368 e. The van der Waals surface area contributed by atoms with Gasteiger partial charge in [0.15, 0.2) is 5.69 Å². The molecular weight excluding hydrogens is 263 g/mol. The highest BCUT2D eigenvalue weighted by molar-refractivity contribution is 5.80. The molecule has 2 N–H and O–H groups in total. The van der Waals surface area contributed by atoms with E-state index in [9.17, 15) is 18.0 Å². The molecule has 1 rings (SSSR count). The number of carbonyl (C=O) groups excluding carboxylic acids is 1. The lowest BCUT2D eigenvalue weighted by molar-refractivity contribution is -0.141. The zero-order chi connectivity index (χ0) is 14.8. The van der Waals surface area contributed by atoms with E-state index in [1.54, 1.807) is 14.1 Å². The van der Waals surface area contributed by atoms with Crippen LogP contribution in [0.4, 0.5) is 24.9 Å². The van der Waals surface area contributed by atoms with Gasteiger partial charge in [0.05, 0.1) is 6.54 Å². The molecular formula is C10H14F3N5O. The average molecular weight is 277 g/mol. The van der Waals surface area contributed by atoms with Crippen LogP contribution >= 0.6 is 0 Å². The summed E-state index contributed by atoms with van der Waals surface area (Å²) in [6.07, 6.45) is -4.61. The van der Waals surface area contributed by atoms with E-state index < -0.39 is 17.8 Å². The van der Waals surface area contributed by atoms with Crippen LogP contribution in [0.1, 0.15) is 5.69 Å². The zero-order valence-corrected chi connectivity index (χ0v) is 10.7. The molecule has 0 saturated carbocycles. The predicted molar refractivity (Wildman–Crippen MR) is 63.4 cm³/mol. The highest BCUT2D eigenvalue weighted by Crippen LogP contribution is 2.29. The first-order chi connectivity index (χ1) is 8.61. The fraction of sp³-hybridized carbons (Fsp3) is 0.500. The second-order valence-corrected chi connectivity index (χ2v) is 4.11. The van der Waals surface area contributed by atoms with E-state index in [4.69, 9.17) is 5.73 Å². The number of halogens is 3. The molecule has 0 radical (unpaired) electrons. The first-order valence-electron chi connectivity index (χ1n) is 5.24. The predicted octanol–water partition coefficient (Wildman–Crippen LogP) is 0.602. The number of alkyl halides is 3. The molecule has 1 aromatic rings. The van der Waals surface area contributed by atoms with Crippen LogP contribution in [0.5, 0.6) is 0 Å². The summed E-state index contributed by atoms with van der Waals surface area (Å²) in [6.45, 7) is -0.110. The van der Waals surface area contributed by atoms with Gasteiger partial charge in [-0.2, -0.15) is 18.2 Å². The lowest BCUT2D eigenvalue weighted by atomic mass is 10.3. The van der Waals surface area contributed by atoms with Crippen LogP contribution in [0.3, 0.4) is 0 Å². The number of hydrogen-bond donors (Lipinski definition) is 1. The van der Waals surface area contributed by atoms with Crippen LogP contribution in [0.25, 0.3) is 0 Å². The molecule has 9 heteroatoms. The van der Waals surface area contributed by atoms with Gasteiger partial charge in [-0.15, -0.1) is 0 Å². The summed E-state index contributed by atoms with van der Waals surface area (Å²) < 4.78 is 37.7. The zero-order valence-electron chi connectivity index (χ0n) is 10.7. The number of likely N-dealkylation sites (N-methyl/N-ethyl adjacent to an activating group) is 2. The van der Waals surface area contributed by atoms with Gasteiger partial charge in [0.2, 0.25) is 11.9 Å². The molecule has 0 aliphatic rings. The number of carbonyl (C=O) groups is 1. The maximum absolute atomic E-state index is 12.6. The number of amides is 1. The van der Waals surface area contributed by atoms with Crippen LogP contribution in [-0.2, 0) is 11.0 Å². The minimum absolute atomic E-state index is 0.0602. The van der Waals surface area contributed by atoms with Crippen molar-refractivity contribution in [2.45, 2.75) is 6.18 Å². The van der Waals surface area contributed by atoms with Crippen LogP contribution in [0, 0.1) is 0 Å². The molecule has 0 bridgehead atoms. The van der Waals surface area contributed by atoms with Crippen LogP contribution in [0.2, 0.25) is 0 Å². The van der Waals surface area contributed by atoms with E-state index >= 15 is 0 Å². The molecule has 6 nitrogen and oxygen atoms in total. The molecule has 1 aromatic heterocycles. The van der Waals surface area contributed by atoms with Gasteiger partial charge in [0, 0.05) is 27.2 Å². The molecule has 0 aliphatic carbocycles. The minimum atomic E-state index is -4.61. The van der Waals surface area contributed by atoms with Gasteiger partial charge >= 0.3 is 6.18 Å². The third-order valence-corrected chi connectivity index (χ3v) is 2.28. The van der Waals surface area contributed by atoms with Gasteiger partial charge in [-0.1, -0.05) is 0 Å². The molecule has 0 atom stereocenters.